The first-order valence-corrected chi connectivity index (χ1v) is 12.6. The van der Waals surface area contributed by atoms with Gasteiger partial charge in [-0.3, -0.25) is 0 Å². The second-order valence-corrected chi connectivity index (χ2v) is 10.2. The summed E-state index contributed by atoms with van der Waals surface area (Å²) >= 11 is 0. The maximum atomic E-state index is 13.0. The lowest BCUT2D eigenvalue weighted by atomic mass is 10.0. The topological polar surface area (TPSA) is 75.6 Å². The molecule has 11 heteroatoms. The van der Waals surface area contributed by atoms with Gasteiger partial charge in [-0.25, -0.2) is 8.42 Å². The van der Waals surface area contributed by atoms with E-state index in [4.69, 9.17) is 0 Å². The SMILES string of the molecule is O=S(=O)(c1ccc(OC(F)(F)F)cc1)N1CCN(c2ccc(-c3cccc4ccccc34)nn2)CC1. The molecule has 0 unspecified atom stereocenters. The summed E-state index contributed by atoms with van der Waals surface area (Å²) in [4.78, 5) is 1.86. The number of anilines is 1. The molecule has 3 aromatic carbocycles. The Morgan fingerprint density at radius 1 is 0.778 bits per heavy atom. The fraction of sp³-hybridized carbons (Fsp3) is 0.200. The van der Waals surface area contributed by atoms with Crippen molar-refractivity contribution in [2.45, 2.75) is 11.3 Å². The third-order valence-electron chi connectivity index (χ3n) is 5.97. The Balaban J connectivity index is 1.26. The smallest absolute Gasteiger partial charge is 0.406 e. The average Bonchev–Trinajstić information content (AvgIpc) is 2.88. The maximum Gasteiger partial charge on any atom is 0.573 e. The third kappa shape index (κ3) is 4.98. The number of sulfonamides is 1. The number of aromatic nitrogens is 2. The van der Waals surface area contributed by atoms with Crippen molar-refractivity contribution in [1.29, 1.82) is 0 Å². The van der Waals surface area contributed by atoms with Crippen molar-refractivity contribution in [3.05, 3.63) is 78.9 Å². The molecule has 2 heterocycles. The Kier molecular flexibility index (Phi) is 6.27. The van der Waals surface area contributed by atoms with Crippen molar-refractivity contribution in [3.63, 3.8) is 0 Å². The Labute approximate surface area is 205 Å². The molecule has 1 fully saturated rings. The van der Waals surface area contributed by atoms with E-state index >= 15 is 0 Å². The van der Waals surface area contributed by atoms with Crippen LogP contribution >= 0.6 is 0 Å². The quantitative estimate of drug-likeness (QED) is 0.384. The van der Waals surface area contributed by atoms with E-state index in [9.17, 15) is 21.6 Å². The molecule has 1 aliphatic heterocycles. The number of hydrogen-bond acceptors (Lipinski definition) is 6. The van der Waals surface area contributed by atoms with Gasteiger partial charge in [-0.2, -0.15) is 4.31 Å². The molecule has 1 aliphatic rings. The second kappa shape index (κ2) is 9.40. The van der Waals surface area contributed by atoms with Crippen molar-refractivity contribution in [1.82, 2.24) is 14.5 Å². The van der Waals surface area contributed by atoms with Gasteiger partial charge < -0.3 is 9.64 Å². The van der Waals surface area contributed by atoms with Crippen LogP contribution in [0.3, 0.4) is 0 Å². The zero-order valence-corrected chi connectivity index (χ0v) is 19.7. The molecule has 5 rings (SSSR count). The van der Waals surface area contributed by atoms with Gasteiger partial charge in [-0.15, -0.1) is 23.4 Å². The largest absolute Gasteiger partial charge is 0.573 e. The zero-order chi connectivity index (χ0) is 25.3. The number of benzene rings is 3. The molecule has 0 atom stereocenters. The van der Waals surface area contributed by atoms with Crippen LogP contribution in [0.5, 0.6) is 5.75 Å². The first kappa shape index (κ1) is 24.0. The Morgan fingerprint density at radius 2 is 1.47 bits per heavy atom. The van der Waals surface area contributed by atoms with Gasteiger partial charge in [0.1, 0.15) is 5.75 Å². The van der Waals surface area contributed by atoms with Crippen LogP contribution in [0.1, 0.15) is 0 Å². The normalized spacial score (nSPS) is 15.2. The van der Waals surface area contributed by atoms with Crippen molar-refractivity contribution in [2.24, 2.45) is 0 Å². The van der Waals surface area contributed by atoms with Gasteiger partial charge in [0.05, 0.1) is 10.6 Å². The van der Waals surface area contributed by atoms with Crippen molar-refractivity contribution in [2.75, 3.05) is 31.1 Å². The highest BCUT2D eigenvalue weighted by Crippen LogP contribution is 2.29. The van der Waals surface area contributed by atoms with Crippen LogP contribution < -0.4 is 9.64 Å². The number of ether oxygens (including phenoxy) is 1. The van der Waals surface area contributed by atoms with Crippen LogP contribution in [-0.4, -0.2) is 55.5 Å². The molecular formula is C25H21F3N4O3S. The number of piperazine rings is 1. The van der Waals surface area contributed by atoms with Crippen LogP contribution in [0.2, 0.25) is 0 Å². The van der Waals surface area contributed by atoms with Crippen LogP contribution in [0, 0.1) is 0 Å². The first-order valence-electron chi connectivity index (χ1n) is 11.1. The molecule has 0 aliphatic carbocycles. The number of rotatable bonds is 5. The number of fused-ring (bicyclic) bond motifs is 1. The summed E-state index contributed by atoms with van der Waals surface area (Å²) in [5, 5.41) is 11.0. The Hall–Kier alpha value is -3.70. The molecule has 0 amide bonds. The average molecular weight is 515 g/mol. The Morgan fingerprint density at radius 3 is 2.14 bits per heavy atom. The van der Waals surface area contributed by atoms with Crippen molar-refractivity contribution >= 4 is 26.6 Å². The van der Waals surface area contributed by atoms with Crippen LogP contribution in [-0.2, 0) is 10.0 Å². The molecule has 0 saturated carbocycles. The molecular weight excluding hydrogens is 493 g/mol. The summed E-state index contributed by atoms with van der Waals surface area (Å²) in [6, 6.07) is 22.0. The number of halogens is 3. The fourth-order valence-electron chi connectivity index (χ4n) is 4.21. The lowest BCUT2D eigenvalue weighted by molar-refractivity contribution is -0.274. The van der Waals surface area contributed by atoms with Crippen molar-refractivity contribution < 1.29 is 26.3 Å². The van der Waals surface area contributed by atoms with E-state index in [1.165, 1.54) is 4.31 Å². The molecule has 7 nitrogen and oxygen atoms in total. The van der Waals surface area contributed by atoms with Gasteiger partial charge >= 0.3 is 6.36 Å². The summed E-state index contributed by atoms with van der Waals surface area (Å²) in [6.07, 6.45) is -4.84. The molecule has 4 aromatic rings. The summed E-state index contributed by atoms with van der Waals surface area (Å²) in [7, 11) is -3.86. The molecule has 1 saturated heterocycles. The number of nitrogens with zero attached hydrogens (tertiary/aromatic N) is 4. The molecule has 0 spiro atoms. The number of alkyl halides is 3. The number of hydrogen-bond donors (Lipinski definition) is 0. The lowest BCUT2D eigenvalue weighted by Gasteiger charge is -2.34. The van der Waals surface area contributed by atoms with Crippen molar-refractivity contribution in [3.8, 4) is 17.0 Å². The van der Waals surface area contributed by atoms with Gasteiger partial charge in [0, 0.05) is 31.7 Å². The van der Waals surface area contributed by atoms with E-state index in [1.54, 1.807) is 0 Å². The van der Waals surface area contributed by atoms with Crippen LogP contribution in [0.4, 0.5) is 19.0 Å². The van der Waals surface area contributed by atoms with E-state index in [-0.39, 0.29) is 18.0 Å². The van der Waals surface area contributed by atoms with E-state index in [2.05, 4.69) is 14.9 Å². The second-order valence-electron chi connectivity index (χ2n) is 8.21. The zero-order valence-electron chi connectivity index (χ0n) is 18.9. The minimum Gasteiger partial charge on any atom is -0.406 e. The monoisotopic (exact) mass is 514 g/mol. The van der Waals surface area contributed by atoms with Gasteiger partial charge in [0.2, 0.25) is 10.0 Å². The van der Waals surface area contributed by atoms with E-state index < -0.39 is 22.1 Å². The Bertz CT molecular complexity index is 1460. The summed E-state index contributed by atoms with van der Waals surface area (Å²) in [6.45, 7) is 1.21. The van der Waals surface area contributed by atoms with E-state index in [1.807, 2.05) is 59.5 Å². The van der Waals surface area contributed by atoms with E-state index in [0.29, 0.717) is 18.9 Å². The van der Waals surface area contributed by atoms with E-state index in [0.717, 1.165) is 46.3 Å². The highest BCUT2D eigenvalue weighted by molar-refractivity contribution is 7.89. The standard InChI is InChI=1S/C25H21F3N4O3S/c26-25(27,28)35-19-8-10-20(11-9-19)36(33,34)32-16-14-31(15-17-32)24-13-12-23(29-30-24)22-7-3-5-18-4-1-2-6-21(18)22/h1-13H,14-17H2. The minimum atomic E-state index is -4.84. The molecule has 0 bridgehead atoms. The molecule has 186 valence electrons. The highest BCUT2D eigenvalue weighted by Gasteiger charge is 2.32. The molecule has 0 N–H and O–H groups in total. The van der Waals surface area contributed by atoms with Gasteiger partial charge in [-0.05, 0) is 47.2 Å². The summed E-state index contributed by atoms with van der Waals surface area (Å²) in [5.74, 6) is 0.168. The summed E-state index contributed by atoms with van der Waals surface area (Å²) in [5.41, 5.74) is 1.73. The van der Waals surface area contributed by atoms with Crippen LogP contribution in [0.15, 0.2) is 83.8 Å². The third-order valence-corrected chi connectivity index (χ3v) is 7.89. The van der Waals surface area contributed by atoms with Gasteiger partial charge in [-0.1, -0.05) is 42.5 Å². The maximum absolute atomic E-state index is 13.0. The minimum absolute atomic E-state index is 0.0929. The summed E-state index contributed by atoms with van der Waals surface area (Å²) < 4.78 is 68.1. The van der Waals surface area contributed by atoms with Gasteiger partial charge in [0.15, 0.2) is 5.82 Å². The predicted octanol–water partition coefficient (Wildman–Crippen LogP) is 4.71. The fourth-order valence-corrected chi connectivity index (χ4v) is 5.63. The first-order chi connectivity index (χ1) is 17.2. The van der Waals surface area contributed by atoms with Gasteiger partial charge in [0.25, 0.3) is 0 Å². The lowest BCUT2D eigenvalue weighted by Crippen LogP contribution is -2.49. The molecule has 1 aromatic heterocycles. The predicted molar refractivity (Wildman–Crippen MR) is 129 cm³/mol. The molecule has 0 radical (unpaired) electrons. The highest BCUT2D eigenvalue weighted by atomic mass is 32.2. The molecule has 36 heavy (non-hydrogen) atoms. The van der Waals surface area contributed by atoms with Crippen LogP contribution in [0.25, 0.3) is 22.0 Å².